The van der Waals surface area contributed by atoms with E-state index in [1.165, 1.54) is 44.9 Å². The van der Waals surface area contributed by atoms with Gasteiger partial charge in [0.25, 0.3) is 5.91 Å². The highest BCUT2D eigenvalue weighted by Gasteiger charge is 2.14. The summed E-state index contributed by atoms with van der Waals surface area (Å²) in [5.74, 6) is -0.0552. The molecule has 0 spiro atoms. The number of sulfone groups is 1. The predicted molar refractivity (Wildman–Crippen MR) is 124 cm³/mol. The van der Waals surface area contributed by atoms with Gasteiger partial charge in [-0.1, -0.05) is 76.8 Å². The second-order valence-electron chi connectivity index (χ2n) is 7.77. The van der Waals surface area contributed by atoms with Gasteiger partial charge >= 0.3 is 0 Å². The van der Waals surface area contributed by atoms with Crippen molar-refractivity contribution in [3.8, 4) is 0 Å². The van der Waals surface area contributed by atoms with E-state index >= 15 is 0 Å². The molecule has 0 heterocycles. The first kappa shape index (κ1) is 24.1. The van der Waals surface area contributed by atoms with Crippen LogP contribution in [0.15, 0.2) is 53.4 Å². The van der Waals surface area contributed by atoms with Gasteiger partial charge in [0.05, 0.1) is 10.6 Å². The third kappa shape index (κ3) is 8.70. The number of anilines is 1. The maximum Gasteiger partial charge on any atom is 0.255 e. The number of carbonyl (C=O) groups excluding carboxylic acids is 1. The standard InChI is InChI=1S/C25H34NO3S/c1-2-3-4-5-6-7-8-9-10-14-21-30(28,29)24-19-17-23(18-20-24)26-25(27)22-15-12-11-13-16-22/h12-13,15-20H,2-10,14,21H2,1H3,(H,26,27). The van der Waals surface area contributed by atoms with E-state index in [2.05, 4.69) is 18.3 Å². The van der Waals surface area contributed by atoms with Crippen LogP contribution in [-0.4, -0.2) is 20.1 Å². The largest absolute Gasteiger partial charge is 0.322 e. The van der Waals surface area contributed by atoms with Crippen molar-refractivity contribution in [1.82, 2.24) is 0 Å². The summed E-state index contributed by atoms with van der Waals surface area (Å²) in [5.41, 5.74) is 1.11. The fourth-order valence-electron chi connectivity index (χ4n) is 3.38. The van der Waals surface area contributed by atoms with Crippen LogP contribution in [0.2, 0.25) is 0 Å². The van der Waals surface area contributed by atoms with Crippen molar-refractivity contribution in [3.05, 3.63) is 60.2 Å². The van der Waals surface area contributed by atoms with Gasteiger partial charge in [-0.05, 0) is 48.9 Å². The number of amides is 1. The fraction of sp³-hybridized carbons (Fsp3) is 0.480. The molecule has 2 aromatic rings. The number of benzene rings is 2. The molecule has 0 aromatic heterocycles. The Hall–Kier alpha value is -2.14. The van der Waals surface area contributed by atoms with Crippen LogP contribution < -0.4 is 5.32 Å². The molecule has 0 aliphatic heterocycles. The third-order valence-electron chi connectivity index (χ3n) is 5.22. The summed E-state index contributed by atoms with van der Waals surface area (Å²) in [6.07, 6.45) is 11.8. The van der Waals surface area contributed by atoms with Crippen molar-refractivity contribution in [3.63, 3.8) is 0 Å². The van der Waals surface area contributed by atoms with E-state index in [9.17, 15) is 13.2 Å². The van der Waals surface area contributed by atoms with Crippen LogP contribution in [0.5, 0.6) is 0 Å². The van der Waals surface area contributed by atoms with Crippen LogP contribution in [-0.2, 0) is 9.84 Å². The molecule has 0 fully saturated rings. The van der Waals surface area contributed by atoms with Gasteiger partial charge in [0.1, 0.15) is 0 Å². The minimum atomic E-state index is -3.28. The molecule has 5 heteroatoms. The van der Waals surface area contributed by atoms with E-state index in [1.807, 2.05) is 0 Å². The van der Waals surface area contributed by atoms with E-state index in [1.54, 1.807) is 48.5 Å². The monoisotopic (exact) mass is 428 g/mol. The zero-order valence-electron chi connectivity index (χ0n) is 18.0. The van der Waals surface area contributed by atoms with Gasteiger partial charge in [-0.3, -0.25) is 4.79 Å². The Morgan fingerprint density at radius 3 is 1.90 bits per heavy atom. The highest BCUT2D eigenvalue weighted by Crippen LogP contribution is 2.18. The molecule has 163 valence electrons. The van der Waals surface area contributed by atoms with Crippen molar-refractivity contribution in [1.29, 1.82) is 0 Å². The average molecular weight is 429 g/mol. The predicted octanol–water partition coefficient (Wildman–Crippen LogP) is 6.43. The van der Waals surface area contributed by atoms with Crippen LogP contribution in [0.1, 0.15) is 81.5 Å². The lowest BCUT2D eigenvalue weighted by molar-refractivity contribution is 0.102. The van der Waals surface area contributed by atoms with Crippen LogP contribution in [0.4, 0.5) is 5.69 Å². The normalized spacial score (nSPS) is 11.4. The first-order valence-electron chi connectivity index (χ1n) is 11.1. The maximum atomic E-state index is 12.5. The molecule has 0 bridgehead atoms. The van der Waals surface area contributed by atoms with Gasteiger partial charge in [0, 0.05) is 11.3 Å². The first-order valence-corrected chi connectivity index (χ1v) is 12.8. The lowest BCUT2D eigenvalue weighted by Crippen LogP contribution is -2.12. The average Bonchev–Trinajstić information content (AvgIpc) is 2.76. The summed E-state index contributed by atoms with van der Waals surface area (Å²) in [5, 5.41) is 2.78. The summed E-state index contributed by atoms with van der Waals surface area (Å²) in [4.78, 5) is 12.5. The Morgan fingerprint density at radius 1 is 0.800 bits per heavy atom. The summed E-state index contributed by atoms with van der Waals surface area (Å²) in [6, 6.07) is 16.0. The third-order valence-corrected chi connectivity index (χ3v) is 7.03. The van der Waals surface area contributed by atoms with E-state index in [-0.39, 0.29) is 11.7 Å². The second kappa shape index (κ2) is 13.2. The highest BCUT2D eigenvalue weighted by atomic mass is 32.2. The quantitative estimate of drug-likeness (QED) is 0.352. The number of unbranched alkanes of at least 4 members (excludes halogenated alkanes) is 9. The van der Waals surface area contributed by atoms with Crippen LogP contribution in [0.25, 0.3) is 0 Å². The van der Waals surface area contributed by atoms with E-state index < -0.39 is 9.84 Å². The second-order valence-corrected chi connectivity index (χ2v) is 9.88. The molecule has 1 amide bonds. The van der Waals surface area contributed by atoms with Crippen molar-refractivity contribution in [2.24, 2.45) is 0 Å². The molecule has 2 rings (SSSR count). The minimum Gasteiger partial charge on any atom is -0.322 e. The van der Waals surface area contributed by atoms with Crippen LogP contribution in [0.3, 0.4) is 0 Å². The summed E-state index contributed by atoms with van der Waals surface area (Å²) in [7, 11) is -3.28. The van der Waals surface area contributed by atoms with E-state index in [0.717, 1.165) is 12.8 Å². The number of carbonyl (C=O) groups is 1. The number of nitrogens with one attached hydrogen (secondary N) is 1. The first-order chi connectivity index (χ1) is 14.5. The fourth-order valence-corrected chi connectivity index (χ4v) is 4.76. The number of rotatable bonds is 14. The van der Waals surface area contributed by atoms with Crippen molar-refractivity contribution in [2.45, 2.75) is 76.0 Å². The zero-order valence-corrected chi connectivity index (χ0v) is 18.8. The molecule has 0 unspecified atom stereocenters. The molecule has 1 radical (unpaired) electrons. The summed E-state index contributed by atoms with van der Waals surface area (Å²) in [6.45, 7) is 2.23. The summed E-state index contributed by atoms with van der Waals surface area (Å²) >= 11 is 0. The Labute approximate surface area is 182 Å². The van der Waals surface area contributed by atoms with Gasteiger partial charge in [0.15, 0.2) is 9.84 Å². The Bertz CT molecular complexity index is 846. The molecule has 30 heavy (non-hydrogen) atoms. The Morgan fingerprint density at radius 2 is 1.33 bits per heavy atom. The molecule has 2 aromatic carbocycles. The molecule has 0 aliphatic rings. The minimum absolute atomic E-state index is 0.176. The number of hydrogen-bond donors (Lipinski definition) is 1. The van der Waals surface area contributed by atoms with Gasteiger partial charge in [-0.25, -0.2) is 8.42 Å². The highest BCUT2D eigenvalue weighted by molar-refractivity contribution is 7.91. The van der Waals surface area contributed by atoms with Crippen molar-refractivity contribution >= 4 is 21.4 Å². The van der Waals surface area contributed by atoms with Gasteiger partial charge < -0.3 is 5.32 Å². The van der Waals surface area contributed by atoms with Gasteiger partial charge in [-0.15, -0.1) is 0 Å². The molecule has 4 nitrogen and oxygen atoms in total. The molecule has 0 saturated heterocycles. The molecule has 0 atom stereocenters. The molecule has 0 saturated carbocycles. The summed E-state index contributed by atoms with van der Waals surface area (Å²) < 4.78 is 25.1. The Balaban J connectivity index is 1.70. The number of hydrogen-bond acceptors (Lipinski definition) is 3. The Kier molecular flexibility index (Phi) is 10.6. The molecular formula is C25H34NO3S. The topological polar surface area (TPSA) is 63.2 Å². The van der Waals surface area contributed by atoms with Crippen molar-refractivity contribution < 1.29 is 13.2 Å². The van der Waals surface area contributed by atoms with Gasteiger partial charge in [0.2, 0.25) is 0 Å². The molecule has 0 aliphatic carbocycles. The van der Waals surface area contributed by atoms with E-state index in [0.29, 0.717) is 22.6 Å². The lowest BCUT2D eigenvalue weighted by atomic mass is 10.1. The van der Waals surface area contributed by atoms with Crippen molar-refractivity contribution in [2.75, 3.05) is 11.1 Å². The van der Waals surface area contributed by atoms with Crippen LogP contribution in [0, 0.1) is 6.07 Å². The van der Waals surface area contributed by atoms with E-state index in [4.69, 9.17) is 0 Å². The van der Waals surface area contributed by atoms with Gasteiger partial charge in [-0.2, -0.15) is 0 Å². The molecule has 1 N–H and O–H groups in total. The smallest absolute Gasteiger partial charge is 0.255 e. The maximum absolute atomic E-state index is 12.5. The van der Waals surface area contributed by atoms with Crippen LogP contribution >= 0.6 is 0 Å². The molecular weight excluding hydrogens is 394 g/mol. The lowest BCUT2D eigenvalue weighted by Gasteiger charge is -2.08. The zero-order chi connectivity index (χ0) is 21.7. The SMILES string of the molecule is CCCCCCCCCCCCS(=O)(=O)c1ccc(NC(=O)c2cc[c]cc2)cc1.